The van der Waals surface area contributed by atoms with Gasteiger partial charge in [-0.05, 0) is 48.9 Å². The summed E-state index contributed by atoms with van der Waals surface area (Å²) in [5.41, 5.74) is 5.13. The van der Waals surface area contributed by atoms with Crippen LogP contribution in [0.1, 0.15) is 18.4 Å². The van der Waals surface area contributed by atoms with E-state index in [-0.39, 0.29) is 22.8 Å². The van der Waals surface area contributed by atoms with E-state index in [1.807, 2.05) is 0 Å². The number of nitrogens with two attached hydrogens (primary N) is 1. The number of rotatable bonds is 2. The summed E-state index contributed by atoms with van der Waals surface area (Å²) in [4.78, 5) is -0.103. The lowest BCUT2D eigenvalue weighted by atomic mass is 9.98. The van der Waals surface area contributed by atoms with Gasteiger partial charge in [0.15, 0.2) is 0 Å². The highest BCUT2D eigenvalue weighted by Crippen LogP contribution is 2.39. The molecule has 1 saturated carbocycles. The Morgan fingerprint density at radius 1 is 1.09 bits per heavy atom. The van der Waals surface area contributed by atoms with Crippen molar-refractivity contribution in [1.29, 1.82) is 0 Å². The lowest BCUT2D eigenvalue weighted by Crippen LogP contribution is -2.33. The van der Waals surface area contributed by atoms with Gasteiger partial charge in [-0.25, -0.2) is 8.42 Å². The van der Waals surface area contributed by atoms with Crippen LogP contribution in [0.15, 0.2) is 29.2 Å². The Balaban J connectivity index is 1.82. The average molecular weight is 334 g/mol. The van der Waals surface area contributed by atoms with E-state index in [4.69, 9.17) is 5.73 Å². The third-order valence-corrected chi connectivity index (χ3v) is 6.54. The van der Waals surface area contributed by atoms with Crippen LogP contribution < -0.4 is 5.73 Å². The average Bonchev–Trinajstić information content (AvgIpc) is 3.01. The van der Waals surface area contributed by atoms with Crippen LogP contribution in [0.4, 0.5) is 13.2 Å². The van der Waals surface area contributed by atoms with Crippen LogP contribution in [0.2, 0.25) is 0 Å². The Kier molecular flexibility index (Phi) is 3.73. The lowest BCUT2D eigenvalue weighted by Gasteiger charge is -2.19. The Morgan fingerprint density at radius 2 is 1.73 bits per heavy atom. The molecular weight excluding hydrogens is 317 g/mol. The molecule has 1 heterocycles. The largest absolute Gasteiger partial charge is 0.416 e. The van der Waals surface area contributed by atoms with E-state index < -0.39 is 21.8 Å². The van der Waals surface area contributed by atoms with Crippen LogP contribution in [0.3, 0.4) is 0 Å². The van der Waals surface area contributed by atoms with Crippen molar-refractivity contribution in [3.8, 4) is 0 Å². The first-order valence-corrected chi connectivity index (χ1v) is 8.56. The van der Waals surface area contributed by atoms with Crippen molar-refractivity contribution in [2.75, 3.05) is 13.1 Å². The summed E-state index contributed by atoms with van der Waals surface area (Å²) < 4.78 is 64.1. The van der Waals surface area contributed by atoms with Gasteiger partial charge in [-0.2, -0.15) is 17.5 Å². The molecular formula is C14H17F3N2O2S. The first-order valence-electron chi connectivity index (χ1n) is 7.12. The second-order valence-electron chi connectivity index (χ2n) is 6.01. The molecule has 2 fully saturated rings. The topological polar surface area (TPSA) is 63.4 Å². The predicted molar refractivity (Wildman–Crippen MR) is 74.4 cm³/mol. The van der Waals surface area contributed by atoms with E-state index in [9.17, 15) is 21.6 Å². The maximum absolute atomic E-state index is 12.5. The summed E-state index contributed by atoms with van der Waals surface area (Å²) in [6, 6.07) is 3.65. The molecule has 1 saturated heterocycles. The zero-order valence-electron chi connectivity index (χ0n) is 11.8. The summed E-state index contributed by atoms with van der Waals surface area (Å²) >= 11 is 0. The molecule has 1 aliphatic carbocycles. The van der Waals surface area contributed by atoms with Crippen LogP contribution in [0.25, 0.3) is 0 Å². The molecule has 3 atom stereocenters. The molecule has 1 aromatic carbocycles. The standard InChI is InChI=1S/C14H17F3N2O2S/c15-14(16,17)10-2-4-11(5-3-10)22(20,21)19-7-9-1-6-13(18)12(9)8-19/h2-5,9,12-13H,1,6-8,18H2/t9-,12?,13?/m0/s1. The second kappa shape index (κ2) is 5.21. The fraction of sp³-hybridized carbons (Fsp3) is 0.571. The van der Waals surface area contributed by atoms with E-state index >= 15 is 0 Å². The van der Waals surface area contributed by atoms with Crippen molar-refractivity contribution in [2.24, 2.45) is 17.6 Å². The van der Waals surface area contributed by atoms with Gasteiger partial charge in [-0.3, -0.25) is 0 Å². The van der Waals surface area contributed by atoms with Gasteiger partial charge >= 0.3 is 6.18 Å². The molecule has 0 radical (unpaired) electrons. The quantitative estimate of drug-likeness (QED) is 0.900. The molecule has 2 unspecified atom stereocenters. The first kappa shape index (κ1) is 15.8. The maximum atomic E-state index is 12.5. The first-order chi connectivity index (χ1) is 10.2. The molecule has 0 amide bonds. The molecule has 22 heavy (non-hydrogen) atoms. The summed E-state index contributed by atoms with van der Waals surface area (Å²) in [6.45, 7) is 0.761. The fourth-order valence-electron chi connectivity index (χ4n) is 3.43. The zero-order valence-corrected chi connectivity index (χ0v) is 12.6. The SMILES string of the molecule is NC1CC[C@H]2CN(S(=O)(=O)c3ccc(C(F)(F)F)cc3)CC12. The number of sulfonamides is 1. The fourth-order valence-corrected chi connectivity index (χ4v) is 4.96. The number of nitrogens with zero attached hydrogens (tertiary/aromatic N) is 1. The number of fused-ring (bicyclic) bond motifs is 1. The molecule has 1 aliphatic heterocycles. The van der Waals surface area contributed by atoms with Crippen molar-refractivity contribution in [3.05, 3.63) is 29.8 Å². The Bertz CT molecular complexity index is 658. The minimum Gasteiger partial charge on any atom is -0.327 e. The third-order valence-electron chi connectivity index (χ3n) is 4.70. The maximum Gasteiger partial charge on any atom is 0.416 e. The van der Waals surface area contributed by atoms with Crippen molar-refractivity contribution < 1.29 is 21.6 Å². The third kappa shape index (κ3) is 2.63. The van der Waals surface area contributed by atoms with Crippen LogP contribution >= 0.6 is 0 Å². The number of halogens is 3. The highest BCUT2D eigenvalue weighted by molar-refractivity contribution is 7.89. The van der Waals surface area contributed by atoms with Crippen molar-refractivity contribution in [2.45, 2.75) is 30.0 Å². The lowest BCUT2D eigenvalue weighted by molar-refractivity contribution is -0.137. The monoisotopic (exact) mass is 334 g/mol. The van der Waals surface area contributed by atoms with Gasteiger partial charge in [0, 0.05) is 19.1 Å². The molecule has 8 heteroatoms. The molecule has 4 nitrogen and oxygen atoms in total. The van der Waals surface area contributed by atoms with Gasteiger partial charge in [-0.15, -0.1) is 0 Å². The van der Waals surface area contributed by atoms with Gasteiger partial charge in [-0.1, -0.05) is 0 Å². The summed E-state index contributed by atoms with van der Waals surface area (Å²) in [7, 11) is -3.76. The van der Waals surface area contributed by atoms with Gasteiger partial charge in [0.1, 0.15) is 0 Å². The van der Waals surface area contributed by atoms with E-state index in [1.54, 1.807) is 0 Å². The van der Waals surface area contributed by atoms with Gasteiger partial charge in [0.2, 0.25) is 10.0 Å². The minimum absolute atomic E-state index is 0.0119. The highest BCUT2D eigenvalue weighted by Gasteiger charge is 2.45. The number of alkyl halides is 3. The number of hydrogen-bond donors (Lipinski definition) is 1. The van der Waals surface area contributed by atoms with Gasteiger partial charge in [0.25, 0.3) is 0 Å². The van der Waals surface area contributed by atoms with Crippen molar-refractivity contribution >= 4 is 10.0 Å². The van der Waals surface area contributed by atoms with E-state index in [0.29, 0.717) is 13.1 Å². The summed E-state index contributed by atoms with van der Waals surface area (Å²) in [6.07, 6.45) is -2.66. The van der Waals surface area contributed by atoms with Gasteiger partial charge in [0.05, 0.1) is 10.5 Å². The summed E-state index contributed by atoms with van der Waals surface area (Å²) in [5, 5.41) is 0. The minimum atomic E-state index is -4.47. The molecule has 0 aromatic heterocycles. The molecule has 1 aromatic rings. The van der Waals surface area contributed by atoms with Crippen molar-refractivity contribution in [3.63, 3.8) is 0 Å². The molecule has 3 rings (SSSR count). The molecule has 2 aliphatic rings. The molecule has 2 N–H and O–H groups in total. The van der Waals surface area contributed by atoms with Crippen molar-refractivity contribution in [1.82, 2.24) is 4.31 Å². The van der Waals surface area contributed by atoms with E-state index in [2.05, 4.69) is 0 Å². The normalized spacial score (nSPS) is 29.7. The molecule has 0 spiro atoms. The van der Waals surface area contributed by atoms with Crippen LogP contribution in [0.5, 0.6) is 0 Å². The van der Waals surface area contributed by atoms with E-state index in [1.165, 1.54) is 4.31 Å². The highest BCUT2D eigenvalue weighted by atomic mass is 32.2. The zero-order chi connectivity index (χ0) is 16.1. The predicted octanol–water partition coefficient (Wildman–Crippen LogP) is 2.06. The second-order valence-corrected chi connectivity index (χ2v) is 7.95. The van der Waals surface area contributed by atoms with Crippen LogP contribution in [-0.4, -0.2) is 31.9 Å². The summed E-state index contributed by atoms with van der Waals surface area (Å²) in [5.74, 6) is 0.420. The van der Waals surface area contributed by atoms with Gasteiger partial charge < -0.3 is 5.73 Å². The Morgan fingerprint density at radius 3 is 2.27 bits per heavy atom. The molecule has 122 valence electrons. The number of hydrogen-bond acceptors (Lipinski definition) is 3. The van der Waals surface area contributed by atoms with E-state index in [0.717, 1.165) is 37.1 Å². The Hall–Kier alpha value is -1.12. The molecule has 0 bridgehead atoms. The van der Waals surface area contributed by atoms with Crippen LogP contribution in [0, 0.1) is 11.8 Å². The van der Waals surface area contributed by atoms with Crippen LogP contribution in [-0.2, 0) is 16.2 Å². The smallest absolute Gasteiger partial charge is 0.327 e. The number of benzene rings is 1. The Labute approximate surface area is 127 Å².